The number of nitrogen functional groups attached to an aromatic ring is 1. The van der Waals surface area contributed by atoms with Crippen molar-refractivity contribution in [2.24, 2.45) is 0 Å². The fraction of sp³-hybridized carbons (Fsp3) is 0.250. The Bertz CT molecular complexity index is 655. The summed E-state index contributed by atoms with van der Waals surface area (Å²) >= 11 is 5.98. The third-order valence-corrected chi connectivity index (χ3v) is 4.00. The number of benzene rings is 2. The number of hydrogen-bond donors (Lipinski definition) is 2. The van der Waals surface area contributed by atoms with Crippen LogP contribution in [0.5, 0.6) is 5.75 Å². The van der Waals surface area contributed by atoms with Crippen LogP contribution in [0.1, 0.15) is 22.7 Å². The smallest absolute Gasteiger partial charge is 1.00 e. The van der Waals surface area contributed by atoms with E-state index in [0.29, 0.717) is 10.7 Å². The molecule has 7 heteroatoms. The molecule has 1 atom stereocenters. The van der Waals surface area contributed by atoms with Crippen LogP contribution in [0.3, 0.4) is 0 Å². The van der Waals surface area contributed by atoms with Crippen molar-refractivity contribution < 1.29 is 50.6 Å². The van der Waals surface area contributed by atoms with Crippen LogP contribution in [0.2, 0.25) is 5.02 Å². The van der Waals surface area contributed by atoms with E-state index in [0.717, 1.165) is 24.3 Å². The Morgan fingerprint density at radius 3 is 2.52 bits per heavy atom. The van der Waals surface area contributed by atoms with E-state index in [1.54, 1.807) is 13.2 Å². The SMILES string of the molecule is COc1ccc2c(c1)C(c1ccc(Cl)cc1N)NCC2.[Cl-].[Cl-].[Pt+2]. The van der Waals surface area contributed by atoms with E-state index >= 15 is 0 Å². The van der Waals surface area contributed by atoms with Crippen LogP contribution >= 0.6 is 11.6 Å². The van der Waals surface area contributed by atoms with Crippen molar-refractivity contribution in [1.82, 2.24) is 5.32 Å². The zero-order valence-corrected chi connectivity index (χ0v) is 16.9. The minimum Gasteiger partial charge on any atom is -1.00 e. The van der Waals surface area contributed by atoms with Crippen LogP contribution in [-0.2, 0) is 27.5 Å². The molecule has 0 aliphatic carbocycles. The minimum absolute atomic E-state index is 0. The summed E-state index contributed by atoms with van der Waals surface area (Å²) in [5.74, 6) is 0.866. The van der Waals surface area contributed by atoms with Crippen molar-refractivity contribution in [3.05, 3.63) is 58.1 Å². The van der Waals surface area contributed by atoms with Gasteiger partial charge in [0, 0.05) is 17.3 Å². The van der Waals surface area contributed by atoms with E-state index in [-0.39, 0.29) is 51.9 Å². The molecule has 0 fully saturated rings. The maximum absolute atomic E-state index is 6.12. The second kappa shape index (κ2) is 9.76. The van der Waals surface area contributed by atoms with Crippen LogP contribution in [-0.4, -0.2) is 13.7 Å². The standard InChI is InChI=1S/C16H17ClN2O.2ClH.Pt/c1-20-12-4-2-10-6-7-19-16(14(10)9-12)13-5-3-11(17)8-15(13)18;;;/h2-5,8-9,16,19H,6-7,18H2,1H3;2*1H;/q;;;+2/p-2. The second-order valence-corrected chi connectivity index (χ2v) is 5.41. The summed E-state index contributed by atoms with van der Waals surface area (Å²) in [7, 11) is 1.68. The number of halogens is 3. The van der Waals surface area contributed by atoms with Crippen LogP contribution in [0.4, 0.5) is 5.69 Å². The molecule has 3 nitrogen and oxygen atoms in total. The summed E-state index contributed by atoms with van der Waals surface area (Å²) in [4.78, 5) is 0. The zero-order chi connectivity index (χ0) is 14.1. The van der Waals surface area contributed by atoms with E-state index in [2.05, 4.69) is 17.4 Å². The predicted octanol–water partition coefficient (Wildman–Crippen LogP) is -2.83. The molecule has 128 valence electrons. The molecule has 3 N–H and O–H groups in total. The van der Waals surface area contributed by atoms with Crippen molar-refractivity contribution in [2.75, 3.05) is 19.4 Å². The zero-order valence-electron chi connectivity index (χ0n) is 12.4. The van der Waals surface area contributed by atoms with Gasteiger partial charge in [0.1, 0.15) is 5.75 Å². The quantitative estimate of drug-likeness (QED) is 0.394. The summed E-state index contributed by atoms with van der Waals surface area (Å²) in [5.41, 5.74) is 10.5. The molecule has 0 spiro atoms. The van der Waals surface area contributed by atoms with Crippen molar-refractivity contribution >= 4 is 17.3 Å². The van der Waals surface area contributed by atoms with Crippen molar-refractivity contribution in [3.63, 3.8) is 0 Å². The first-order valence-corrected chi connectivity index (χ1v) is 7.02. The molecule has 23 heavy (non-hydrogen) atoms. The van der Waals surface area contributed by atoms with E-state index < -0.39 is 0 Å². The molecule has 0 aromatic heterocycles. The first-order valence-electron chi connectivity index (χ1n) is 6.64. The van der Waals surface area contributed by atoms with Gasteiger partial charge in [-0.15, -0.1) is 0 Å². The van der Waals surface area contributed by atoms with Gasteiger partial charge >= 0.3 is 21.1 Å². The van der Waals surface area contributed by atoms with Crippen LogP contribution < -0.4 is 40.6 Å². The number of nitrogens with one attached hydrogen (secondary N) is 1. The number of fused-ring (bicyclic) bond motifs is 1. The van der Waals surface area contributed by atoms with Crippen LogP contribution in [0.25, 0.3) is 0 Å². The molecule has 0 saturated carbocycles. The predicted molar refractivity (Wildman–Crippen MR) is 82.4 cm³/mol. The molecular formula is C16H17Cl3N2OPt. The summed E-state index contributed by atoms with van der Waals surface area (Å²) in [6.45, 7) is 0.937. The topological polar surface area (TPSA) is 47.3 Å². The molecule has 2 aromatic rings. The van der Waals surface area contributed by atoms with Gasteiger partial charge in [-0.05, 0) is 47.4 Å². The monoisotopic (exact) mass is 553 g/mol. The van der Waals surface area contributed by atoms with Gasteiger partial charge in [-0.1, -0.05) is 23.7 Å². The third-order valence-electron chi connectivity index (χ3n) is 3.77. The molecule has 1 heterocycles. The number of anilines is 1. The molecule has 3 rings (SSSR count). The molecule has 1 aliphatic heterocycles. The van der Waals surface area contributed by atoms with E-state index in [4.69, 9.17) is 22.1 Å². The fourth-order valence-electron chi connectivity index (χ4n) is 2.74. The number of nitrogens with two attached hydrogens (primary N) is 1. The minimum atomic E-state index is 0. The average Bonchev–Trinajstić information content (AvgIpc) is 2.46. The molecular weight excluding hydrogens is 538 g/mol. The molecule has 1 unspecified atom stereocenters. The summed E-state index contributed by atoms with van der Waals surface area (Å²) in [6.07, 6.45) is 1.02. The van der Waals surface area contributed by atoms with E-state index in [1.807, 2.05) is 18.2 Å². The average molecular weight is 555 g/mol. The van der Waals surface area contributed by atoms with Gasteiger partial charge in [-0.25, -0.2) is 0 Å². The fourth-order valence-corrected chi connectivity index (χ4v) is 2.92. The molecule has 1 aliphatic rings. The maximum atomic E-state index is 6.12. The Morgan fingerprint density at radius 2 is 1.87 bits per heavy atom. The van der Waals surface area contributed by atoms with Crippen LogP contribution in [0.15, 0.2) is 36.4 Å². The van der Waals surface area contributed by atoms with Gasteiger partial charge in [-0.2, -0.15) is 0 Å². The van der Waals surface area contributed by atoms with Gasteiger partial charge < -0.3 is 40.6 Å². The molecule has 2 aromatic carbocycles. The Hall–Kier alpha value is -0.442. The van der Waals surface area contributed by atoms with Gasteiger partial charge in [0.25, 0.3) is 0 Å². The summed E-state index contributed by atoms with van der Waals surface area (Å²) in [5, 5.41) is 4.18. The van der Waals surface area contributed by atoms with Gasteiger partial charge in [0.15, 0.2) is 0 Å². The molecule has 0 bridgehead atoms. The number of rotatable bonds is 2. The largest absolute Gasteiger partial charge is 2.00 e. The number of methoxy groups -OCH3 is 1. The Morgan fingerprint density at radius 1 is 1.13 bits per heavy atom. The first kappa shape index (κ1) is 22.6. The normalized spacial score (nSPS) is 15.3. The Balaban J connectivity index is 0.00000161. The molecule has 0 amide bonds. The van der Waals surface area contributed by atoms with Gasteiger partial charge in [0.05, 0.1) is 13.2 Å². The molecule has 0 saturated heterocycles. The molecule has 0 radical (unpaired) electrons. The van der Waals surface area contributed by atoms with Gasteiger partial charge in [-0.3, -0.25) is 0 Å². The maximum Gasteiger partial charge on any atom is 2.00 e. The Labute approximate surface area is 168 Å². The van der Waals surface area contributed by atoms with E-state index in [9.17, 15) is 0 Å². The van der Waals surface area contributed by atoms with Crippen molar-refractivity contribution in [2.45, 2.75) is 12.5 Å². The summed E-state index contributed by atoms with van der Waals surface area (Å²) in [6, 6.07) is 12.0. The number of hydrogen-bond acceptors (Lipinski definition) is 3. The Kier molecular flexibility index (Phi) is 9.57. The number of ether oxygens (including phenoxy) is 1. The third kappa shape index (κ3) is 4.77. The van der Waals surface area contributed by atoms with Crippen LogP contribution in [0, 0.1) is 0 Å². The first-order chi connectivity index (χ1) is 9.69. The van der Waals surface area contributed by atoms with Crippen molar-refractivity contribution in [1.29, 1.82) is 0 Å². The van der Waals surface area contributed by atoms with Gasteiger partial charge in [0.2, 0.25) is 0 Å². The second-order valence-electron chi connectivity index (χ2n) is 4.98. The summed E-state index contributed by atoms with van der Waals surface area (Å²) < 4.78 is 5.33. The van der Waals surface area contributed by atoms with E-state index in [1.165, 1.54) is 11.1 Å². The van der Waals surface area contributed by atoms with Crippen molar-refractivity contribution in [3.8, 4) is 5.75 Å².